The Morgan fingerprint density at radius 2 is 1.48 bits per heavy atom. The van der Waals surface area contributed by atoms with Crippen LogP contribution < -0.4 is 4.18 Å². The normalized spacial score (nSPS) is 12.9. The summed E-state index contributed by atoms with van der Waals surface area (Å²) in [4.78, 5) is 0. The Morgan fingerprint density at radius 3 is 2.00 bits per heavy atom. The monoisotopic (exact) mass is 398 g/mol. The standard InChI is InChI=1S/C22H38O4S/c1-4-6-7-8-9-10-11-12-13-14-15-21(5-2)27(24,25)26-20-17-16-19(3)22(23)18-20/h16-18,21,23H,4-15H2,1-3H3. The zero-order valence-corrected chi connectivity index (χ0v) is 18.2. The molecule has 1 atom stereocenters. The number of unbranched alkanes of at least 4 members (excludes halogenated alkanes) is 9. The van der Waals surface area contributed by atoms with Crippen LogP contribution in [0.2, 0.25) is 0 Å². The SMILES string of the molecule is CCCCCCCCCCCCC(CC)S(=O)(=O)Oc1ccc(C)c(O)c1. The van der Waals surface area contributed by atoms with Gasteiger partial charge in [-0.1, -0.05) is 84.1 Å². The summed E-state index contributed by atoms with van der Waals surface area (Å²) >= 11 is 0. The second-order valence-electron chi connectivity index (χ2n) is 7.53. The lowest BCUT2D eigenvalue weighted by molar-refractivity contribution is 0.447. The molecule has 1 unspecified atom stereocenters. The van der Waals surface area contributed by atoms with E-state index in [9.17, 15) is 13.5 Å². The molecule has 1 aromatic carbocycles. The van der Waals surface area contributed by atoms with E-state index in [-0.39, 0.29) is 11.5 Å². The molecule has 0 heterocycles. The summed E-state index contributed by atoms with van der Waals surface area (Å²) < 4.78 is 30.3. The number of phenols is 1. The lowest BCUT2D eigenvalue weighted by atomic mass is 10.0. The summed E-state index contributed by atoms with van der Waals surface area (Å²) in [6, 6.07) is 4.60. The Hall–Kier alpha value is -1.23. The van der Waals surface area contributed by atoms with Gasteiger partial charge in [0.05, 0.1) is 5.25 Å². The number of rotatable bonds is 15. The van der Waals surface area contributed by atoms with Crippen LogP contribution in [0.15, 0.2) is 18.2 Å². The van der Waals surface area contributed by atoms with E-state index in [2.05, 4.69) is 6.92 Å². The highest BCUT2D eigenvalue weighted by Gasteiger charge is 2.25. The van der Waals surface area contributed by atoms with Gasteiger partial charge in [0, 0.05) is 6.07 Å². The van der Waals surface area contributed by atoms with Crippen LogP contribution >= 0.6 is 0 Å². The third-order valence-electron chi connectivity index (χ3n) is 5.14. The van der Waals surface area contributed by atoms with E-state index in [1.54, 1.807) is 19.1 Å². The van der Waals surface area contributed by atoms with Gasteiger partial charge in [-0.15, -0.1) is 0 Å². The third-order valence-corrected chi connectivity index (χ3v) is 6.95. The molecule has 1 N–H and O–H groups in total. The molecule has 156 valence electrons. The van der Waals surface area contributed by atoms with Gasteiger partial charge in [-0.2, -0.15) is 8.42 Å². The molecule has 0 aliphatic carbocycles. The maximum absolute atomic E-state index is 12.5. The molecule has 0 aliphatic rings. The smallest absolute Gasteiger partial charge is 0.312 e. The molecule has 0 aromatic heterocycles. The first kappa shape index (κ1) is 23.8. The van der Waals surface area contributed by atoms with Crippen LogP contribution in [0.3, 0.4) is 0 Å². The maximum atomic E-state index is 12.5. The van der Waals surface area contributed by atoms with Crippen molar-refractivity contribution in [3.63, 3.8) is 0 Å². The Morgan fingerprint density at radius 1 is 0.926 bits per heavy atom. The van der Waals surface area contributed by atoms with Crippen LogP contribution in [0, 0.1) is 6.92 Å². The van der Waals surface area contributed by atoms with Crippen molar-refractivity contribution in [2.45, 2.75) is 103 Å². The van der Waals surface area contributed by atoms with Crippen LogP contribution in [0.25, 0.3) is 0 Å². The lowest BCUT2D eigenvalue weighted by Crippen LogP contribution is -2.25. The van der Waals surface area contributed by atoms with Gasteiger partial charge >= 0.3 is 10.1 Å². The predicted octanol–water partition coefficient (Wildman–Crippen LogP) is 6.50. The molecule has 0 bridgehead atoms. The lowest BCUT2D eigenvalue weighted by Gasteiger charge is -2.16. The molecule has 0 fully saturated rings. The summed E-state index contributed by atoms with van der Waals surface area (Å²) in [7, 11) is -3.68. The minimum atomic E-state index is -3.68. The highest BCUT2D eigenvalue weighted by atomic mass is 32.2. The molecule has 0 saturated heterocycles. The largest absolute Gasteiger partial charge is 0.508 e. The highest BCUT2D eigenvalue weighted by molar-refractivity contribution is 7.87. The molecule has 0 spiro atoms. The zero-order chi connectivity index (χ0) is 20.1. The Balaban J connectivity index is 2.30. The molecule has 5 heteroatoms. The molecule has 0 aliphatic heterocycles. The fraction of sp³-hybridized carbons (Fsp3) is 0.727. The van der Waals surface area contributed by atoms with Gasteiger partial charge in [0.15, 0.2) is 0 Å². The fourth-order valence-electron chi connectivity index (χ4n) is 3.26. The molecular formula is C22H38O4S. The van der Waals surface area contributed by atoms with Crippen molar-refractivity contribution in [1.82, 2.24) is 0 Å². The van der Waals surface area contributed by atoms with Gasteiger partial charge in [0.25, 0.3) is 0 Å². The summed E-state index contributed by atoms with van der Waals surface area (Å²) in [5.41, 5.74) is 0.692. The van der Waals surface area contributed by atoms with Gasteiger partial charge in [-0.05, 0) is 31.4 Å². The van der Waals surface area contributed by atoms with E-state index in [0.29, 0.717) is 18.4 Å². The van der Waals surface area contributed by atoms with E-state index in [1.165, 1.54) is 57.4 Å². The number of aryl methyl sites for hydroxylation is 1. The van der Waals surface area contributed by atoms with Crippen molar-refractivity contribution in [3.05, 3.63) is 23.8 Å². The fourth-order valence-corrected chi connectivity index (χ4v) is 4.63. The molecule has 1 rings (SSSR count). The molecule has 27 heavy (non-hydrogen) atoms. The molecule has 0 amide bonds. The van der Waals surface area contributed by atoms with Crippen molar-refractivity contribution in [3.8, 4) is 11.5 Å². The highest BCUT2D eigenvalue weighted by Crippen LogP contribution is 2.26. The van der Waals surface area contributed by atoms with Crippen LogP contribution in [0.5, 0.6) is 11.5 Å². The maximum Gasteiger partial charge on any atom is 0.312 e. The predicted molar refractivity (Wildman–Crippen MR) is 113 cm³/mol. The van der Waals surface area contributed by atoms with Crippen molar-refractivity contribution in [1.29, 1.82) is 0 Å². The molecule has 0 saturated carbocycles. The number of hydrogen-bond acceptors (Lipinski definition) is 4. The van der Waals surface area contributed by atoms with E-state index in [4.69, 9.17) is 4.18 Å². The summed E-state index contributed by atoms with van der Waals surface area (Å²) in [5.74, 6) is 0.227. The molecule has 1 aromatic rings. The number of phenolic OH excluding ortho intramolecular Hbond substituents is 1. The van der Waals surface area contributed by atoms with Crippen LogP contribution in [0.4, 0.5) is 0 Å². The quantitative estimate of drug-likeness (QED) is 0.270. The van der Waals surface area contributed by atoms with Gasteiger partial charge in [0.2, 0.25) is 0 Å². The Labute approximate surface area is 166 Å². The summed E-state index contributed by atoms with van der Waals surface area (Å²) in [5, 5.41) is 9.23. The number of benzene rings is 1. The van der Waals surface area contributed by atoms with Crippen LogP contribution in [-0.2, 0) is 10.1 Å². The van der Waals surface area contributed by atoms with Gasteiger partial charge < -0.3 is 9.29 Å². The van der Waals surface area contributed by atoms with Crippen molar-refractivity contribution < 1.29 is 17.7 Å². The number of aromatic hydroxyl groups is 1. The molecular weight excluding hydrogens is 360 g/mol. The number of hydrogen-bond donors (Lipinski definition) is 1. The van der Waals surface area contributed by atoms with Crippen molar-refractivity contribution >= 4 is 10.1 Å². The third kappa shape index (κ3) is 9.50. The average molecular weight is 399 g/mol. The first-order valence-electron chi connectivity index (χ1n) is 10.6. The summed E-state index contributed by atoms with van der Waals surface area (Å²) in [6.07, 6.45) is 13.5. The summed E-state index contributed by atoms with van der Waals surface area (Å²) in [6.45, 7) is 5.88. The van der Waals surface area contributed by atoms with Crippen molar-refractivity contribution in [2.24, 2.45) is 0 Å². The van der Waals surface area contributed by atoms with Gasteiger partial charge in [0.1, 0.15) is 11.5 Å². The second kappa shape index (κ2) is 13.0. The second-order valence-corrected chi connectivity index (χ2v) is 9.34. The minimum absolute atomic E-state index is 0.0467. The molecule has 4 nitrogen and oxygen atoms in total. The topological polar surface area (TPSA) is 63.6 Å². The average Bonchev–Trinajstić information content (AvgIpc) is 2.62. The Kier molecular flexibility index (Phi) is 11.5. The minimum Gasteiger partial charge on any atom is -0.508 e. The van der Waals surface area contributed by atoms with E-state index >= 15 is 0 Å². The van der Waals surface area contributed by atoms with Gasteiger partial charge in [-0.3, -0.25) is 0 Å². The first-order valence-corrected chi connectivity index (χ1v) is 12.1. The first-order chi connectivity index (χ1) is 12.9. The van der Waals surface area contributed by atoms with Gasteiger partial charge in [-0.25, -0.2) is 0 Å². The zero-order valence-electron chi connectivity index (χ0n) is 17.4. The van der Waals surface area contributed by atoms with E-state index in [1.807, 2.05) is 6.92 Å². The van der Waals surface area contributed by atoms with E-state index < -0.39 is 15.4 Å². The van der Waals surface area contributed by atoms with Crippen molar-refractivity contribution in [2.75, 3.05) is 0 Å². The van der Waals surface area contributed by atoms with E-state index in [0.717, 1.165) is 12.8 Å². The van der Waals surface area contributed by atoms with Crippen LogP contribution in [0.1, 0.15) is 96.5 Å². The Bertz CT molecular complexity index is 625. The molecule has 0 radical (unpaired) electrons. The van der Waals surface area contributed by atoms with Crippen LogP contribution in [-0.4, -0.2) is 18.8 Å².